The lowest BCUT2D eigenvalue weighted by molar-refractivity contribution is 0.571. The fraction of sp³-hybridized carbons (Fsp3) is 0.455. The van der Waals surface area contributed by atoms with Crippen LogP contribution in [0.2, 0.25) is 5.02 Å². The Kier molecular flexibility index (Phi) is 4.26. The molecule has 72 valence electrons. The topological polar surface area (TPSA) is 12.0 Å². The molecular weight excluding hydrogens is 182 g/mol. The average molecular weight is 198 g/mol. The van der Waals surface area contributed by atoms with Gasteiger partial charge in [-0.1, -0.05) is 30.7 Å². The van der Waals surface area contributed by atoms with E-state index in [0.29, 0.717) is 6.04 Å². The first-order valence-electron chi connectivity index (χ1n) is 4.73. The van der Waals surface area contributed by atoms with Gasteiger partial charge in [-0.15, -0.1) is 0 Å². The highest BCUT2D eigenvalue weighted by Gasteiger charge is 2.02. The Hall–Kier alpha value is -0.530. The number of halogens is 1. The highest BCUT2D eigenvalue weighted by Crippen LogP contribution is 2.15. The van der Waals surface area contributed by atoms with Crippen LogP contribution in [0.1, 0.15) is 31.9 Å². The molecule has 1 N–H and O–H groups in total. The third-order valence-electron chi connectivity index (χ3n) is 2.07. The zero-order valence-corrected chi connectivity index (χ0v) is 8.93. The van der Waals surface area contributed by atoms with E-state index in [0.717, 1.165) is 18.0 Å². The number of benzene rings is 1. The standard InChI is InChI=1S/C11H16ClN/c1-3-8-13-9(2)10-4-6-11(12)7-5-10/h4-7,9,13H,3,8H2,1-2H3. The van der Waals surface area contributed by atoms with Crippen LogP contribution in [0.15, 0.2) is 24.3 Å². The minimum Gasteiger partial charge on any atom is -0.310 e. The summed E-state index contributed by atoms with van der Waals surface area (Å²) in [6, 6.07) is 8.41. The molecule has 0 aromatic heterocycles. The molecule has 0 spiro atoms. The molecule has 0 aliphatic rings. The summed E-state index contributed by atoms with van der Waals surface area (Å²) in [7, 11) is 0. The van der Waals surface area contributed by atoms with E-state index in [4.69, 9.17) is 11.6 Å². The Bertz CT molecular complexity index is 243. The summed E-state index contributed by atoms with van der Waals surface area (Å²) < 4.78 is 0. The maximum absolute atomic E-state index is 5.80. The first-order chi connectivity index (χ1) is 6.24. The summed E-state index contributed by atoms with van der Waals surface area (Å²) in [5.74, 6) is 0. The van der Waals surface area contributed by atoms with Gasteiger partial charge in [0.15, 0.2) is 0 Å². The molecule has 2 heteroatoms. The second kappa shape index (κ2) is 5.25. The summed E-state index contributed by atoms with van der Waals surface area (Å²) in [6.45, 7) is 5.39. The van der Waals surface area contributed by atoms with Crippen LogP contribution in [0.3, 0.4) is 0 Å². The van der Waals surface area contributed by atoms with Gasteiger partial charge >= 0.3 is 0 Å². The molecule has 0 aliphatic carbocycles. The van der Waals surface area contributed by atoms with Crippen molar-refractivity contribution < 1.29 is 0 Å². The Morgan fingerprint density at radius 1 is 1.31 bits per heavy atom. The van der Waals surface area contributed by atoms with Crippen LogP contribution >= 0.6 is 11.6 Å². The lowest BCUT2D eigenvalue weighted by atomic mass is 10.1. The summed E-state index contributed by atoms with van der Waals surface area (Å²) in [5.41, 5.74) is 1.29. The number of hydrogen-bond donors (Lipinski definition) is 1. The van der Waals surface area contributed by atoms with Crippen LogP contribution in [-0.4, -0.2) is 6.54 Å². The van der Waals surface area contributed by atoms with Gasteiger partial charge in [-0.25, -0.2) is 0 Å². The summed E-state index contributed by atoms with van der Waals surface area (Å²) >= 11 is 5.80. The predicted molar refractivity (Wildman–Crippen MR) is 58.2 cm³/mol. The molecular formula is C11H16ClN. The van der Waals surface area contributed by atoms with E-state index in [2.05, 4.69) is 31.3 Å². The number of nitrogens with one attached hydrogen (secondary N) is 1. The minimum atomic E-state index is 0.414. The van der Waals surface area contributed by atoms with Gasteiger partial charge in [0.05, 0.1) is 0 Å². The fourth-order valence-corrected chi connectivity index (χ4v) is 1.36. The van der Waals surface area contributed by atoms with Crippen LogP contribution in [0.4, 0.5) is 0 Å². The normalized spacial score (nSPS) is 12.8. The monoisotopic (exact) mass is 197 g/mol. The van der Waals surface area contributed by atoms with E-state index in [1.807, 2.05) is 12.1 Å². The molecule has 13 heavy (non-hydrogen) atoms. The molecule has 0 bridgehead atoms. The molecule has 1 nitrogen and oxygen atoms in total. The first kappa shape index (κ1) is 10.6. The van der Waals surface area contributed by atoms with Crippen molar-refractivity contribution in [1.29, 1.82) is 0 Å². The lowest BCUT2D eigenvalue weighted by Crippen LogP contribution is -2.18. The Morgan fingerprint density at radius 3 is 2.46 bits per heavy atom. The third-order valence-corrected chi connectivity index (χ3v) is 2.32. The fourth-order valence-electron chi connectivity index (χ4n) is 1.23. The second-order valence-electron chi connectivity index (χ2n) is 3.23. The Morgan fingerprint density at radius 2 is 1.92 bits per heavy atom. The van der Waals surface area contributed by atoms with Crippen molar-refractivity contribution in [3.8, 4) is 0 Å². The minimum absolute atomic E-state index is 0.414. The molecule has 1 atom stereocenters. The molecule has 0 saturated heterocycles. The van der Waals surface area contributed by atoms with Crippen molar-refractivity contribution in [3.05, 3.63) is 34.9 Å². The zero-order valence-electron chi connectivity index (χ0n) is 8.18. The van der Waals surface area contributed by atoms with Crippen molar-refractivity contribution in [1.82, 2.24) is 5.32 Å². The average Bonchev–Trinajstić information content (AvgIpc) is 2.15. The van der Waals surface area contributed by atoms with Gasteiger partial charge in [0.2, 0.25) is 0 Å². The van der Waals surface area contributed by atoms with Gasteiger partial charge in [0, 0.05) is 11.1 Å². The number of rotatable bonds is 4. The smallest absolute Gasteiger partial charge is 0.0406 e. The zero-order chi connectivity index (χ0) is 9.68. The quantitative estimate of drug-likeness (QED) is 0.780. The Balaban J connectivity index is 2.55. The third kappa shape index (κ3) is 3.37. The van der Waals surface area contributed by atoms with Gasteiger partial charge < -0.3 is 5.32 Å². The molecule has 0 saturated carbocycles. The Labute approximate surface area is 85.1 Å². The highest BCUT2D eigenvalue weighted by atomic mass is 35.5. The maximum Gasteiger partial charge on any atom is 0.0406 e. The SMILES string of the molecule is CCCNC(C)c1ccc(Cl)cc1. The second-order valence-corrected chi connectivity index (χ2v) is 3.66. The molecule has 0 amide bonds. The summed E-state index contributed by atoms with van der Waals surface area (Å²) in [5, 5.41) is 4.22. The van der Waals surface area contributed by atoms with Gasteiger partial charge in [-0.3, -0.25) is 0 Å². The van der Waals surface area contributed by atoms with Crippen molar-refractivity contribution in [2.45, 2.75) is 26.3 Å². The molecule has 1 aromatic carbocycles. The van der Waals surface area contributed by atoms with E-state index in [9.17, 15) is 0 Å². The first-order valence-corrected chi connectivity index (χ1v) is 5.10. The predicted octanol–water partition coefficient (Wildman–Crippen LogP) is 3.40. The highest BCUT2D eigenvalue weighted by molar-refractivity contribution is 6.30. The van der Waals surface area contributed by atoms with E-state index in [1.165, 1.54) is 5.56 Å². The van der Waals surface area contributed by atoms with Crippen LogP contribution in [0.25, 0.3) is 0 Å². The number of hydrogen-bond acceptors (Lipinski definition) is 1. The van der Waals surface area contributed by atoms with Crippen molar-refractivity contribution in [3.63, 3.8) is 0 Å². The van der Waals surface area contributed by atoms with E-state index in [-0.39, 0.29) is 0 Å². The van der Waals surface area contributed by atoms with Gasteiger partial charge in [-0.05, 0) is 37.6 Å². The summed E-state index contributed by atoms with van der Waals surface area (Å²) in [4.78, 5) is 0. The molecule has 1 aromatic rings. The van der Waals surface area contributed by atoms with Crippen LogP contribution in [0, 0.1) is 0 Å². The van der Waals surface area contributed by atoms with Gasteiger partial charge in [0.1, 0.15) is 0 Å². The largest absolute Gasteiger partial charge is 0.310 e. The molecule has 0 radical (unpaired) electrons. The molecule has 0 fully saturated rings. The van der Waals surface area contributed by atoms with Crippen molar-refractivity contribution >= 4 is 11.6 Å². The van der Waals surface area contributed by atoms with E-state index >= 15 is 0 Å². The van der Waals surface area contributed by atoms with Gasteiger partial charge in [0.25, 0.3) is 0 Å². The maximum atomic E-state index is 5.80. The van der Waals surface area contributed by atoms with E-state index < -0.39 is 0 Å². The molecule has 1 rings (SSSR count). The molecule has 0 heterocycles. The van der Waals surface area contributed by atoms with E-state index in [1.54, 1.807) is 0 Å². The van der Waals surface area contributed by atoms with Crippen LogP contribution < -0.4 is 5.32 Å². The van der Waals surface area contributed by atoms with Crippen molar-refractivity contribution in [2.24, 2.45) is 0 Å². The summed E-state index contributed by atoms with van der Waals surface area (Å²) in [6.07, 6.45) is 1.16. The van der Waals surface area contributed by atoms with Crippen LogP contribution in [-0.2, 0) is 0 Å². The lowest BCUT2D eigenvalue weighted by Gasteiger charge is -2.13. The molecule has 0 aliphatic heterocycles. The molecule has 1 unspecified atom stereocenters. The van der Waals surface area contributed by atoms with Crippen LogP contribution in [0.5, 0.6) is 0 Å². The van der Waals surface area contributed by atoms with Gasteiger partial charge in [-0.2, -0.15) is 0 Å². The van der Waals surface area contributed by atoms with Crippen molar-refractivity contribution in [2.75, 3.05) is 6.54 Å².